The van der Waals surface area contributed by atoms with Crippen molar-refractivity contribution in [3.63, 3.8) is 0 Å². The van der Waals surface area contributed by atoms with Crippen molar-refractivity contribution in [1.82, 2.24) is 4.90 Å². The van der Waals surface area contributed by atoms with Crippen LogP contribution in [0.15, 0.2) is 18.2 Å². The lowest BCUT2D eigenvalue weighted by Gasteiger charge is -2.38. The molecule has 0 aromatic heterocycles. The monoisotopic (exact) mass is 300 g/mol. The molecule has 3 nitrogen and oxygen atoms in total. The van der Waals surface area contributed by atoms with Gasteiger partial charge < -0.3 is 10.2 Å². The van der Waals surface area contributed by atoms with Crippen molar-refractivity contribution in [2.75, 3.05) is 5.32 Å². The first-order valence-electron chi connectivity index (χ1n) is 6.54. The highest BCUT2D eigenvalue weighted by Gasteiger charge is 2.29. The topological polar surface area (TPSA) is 32.3 Å². The maximum Gasteiger partial charge on any atom is 0.322 e. The van der Waals surface area contributed by atoms with Crippen LogP contribution < -0.4 is 5.32 Å². The third-order valence-corrected chi connectivity index (χ3v) is 4.44. The average Bonchev–Trinajstić information content (AvgIpc) is 2.35. The molecule has 2 atom stereocenters. The third kappa shape index (κ3) is 3.15. The maximum atomic E-state index is 12.4. The van der Waals surface area contributed by atoms with Crippen molar-refractivity contribution in [2.24, 2.45) is 0 Å². The maximum absolute atomic E-state index is 12.4. The van der Waals surface area contributed by atoms with Crippen molar-refractivity contribution in [2.45, 2.75) is 45.2 Å². The first-order valence-corrected chi connectivity index (χ1v) is 7.29. The minimum absolute atomic E-state index is 0.108. The fraction of sp³-hybridized carbons (Fsp3) is 0.500. The number of benzene rings is 1. The van der Waals surface area contributed by atoms with Gasteiger partial charge in [-0.1, -0.05) is 29.3 Å². The Kier molecular flexibility index (Phi) is 4.58. The molecule has 1 aliphatic heterocycles. The molecule has 1 aromatic rings. The van der Waals surface area contributed by atoms with Gasteiger partial charge >= 0.3 is 6.03 Å². The first-order chi connectivity index (χ1) is 9.00. The molecule has 2 amide bonds. The van der Waals surface area contributed by atoms with Gasteiger partial charge in [-0.05, 0) is 45.2 Å². The fourth-order valence-electron chi connectivity index (χ4n) is 2.60. The van der Waals surface area contributed by atoms with Crippen LogP contribution in [0, 0.1) is 0 Å². The fourth-order valence-corrected chi connectivity index (χ4v) is 2.95. The Balaban J connectivity index is 2.14. The number of hydrogen-bond donors (Lipinski definition) is 1. The Morgan fingerprint density at radius 3 is 2.53 bits per heavy atom. The number of piperidine rings is 1. The number of urea groups is 1. The number of carbonyl (C=O) groups is 1. The average molecular weight is 301 g/mol. The Morgan fingerprint density at radius 2 is 1.89 bits per heavy atom. The van der Waals surface area contributed by atoms with Crippen molar-refractivity contribution < 1.29 is 4.79 Å². The summed E-state index contributed by atoms with van der Waals surface area (Å²) in [4.78, 5) is 14.3. The molecule has 1 aliphatic rings. The highest BCUT2D eigenvalue weighted by molar-refractivity contribution is 6.43. The van der Waals surface area contributed by atoms with E-state index >= 15 is 0 Å². The summed E-state index contributed by atoms with van der Waals surface area (Å²) in [5.74, 6) is 0. The van der Waals surface area contributed by atoms with Gasteiger partial charge in [-0.15, -0.1) is 0 Å². The van der Waals surface area contributed by atoms with E-state index in [1.54, 1.807) is 18.2 Å². The van der Waals surface area contributed by atoms with Gasteiger partial charge in [0.1, 0.15) is 0 Å². The van der Waals surface area contributed by atoms with Crippen LogP contribution in [0.5, 0.6) is 0 Å². The van der Waals surface area contributed by atoms with Crippen molar-refractivity contribution in [1.29, 1.82) is 0 Å². The lowest BCUT2D eigenvalue weighted by molar-refractivity contribution is 0.133. The molecule has 1 saturated heterocycles. The van der Waals surface area contributed by atoms with Crippen LogP contribution in [0.25, 0.3) is 0 Å². The van der Waals surface area contributed by atoms with Crippen LogP contribution in [-0.4, -0.2) is 23.0 Å². The Hall–Kier alpha value is -0.930. The van der Waals surface area contributed by atoms with Gasteiger partial charge in [0, 0.05) is 12.1 Å². The highest BCUT2D eigenvalue weighted by atomic mass is 35.5. The molecule has 1 N–H and O–H groups in total. The highest BCUT2D eigenvalue weighted by Crippen LogP contribution is 2.30. The number of carbonyl (C=O) groups excluding carboxylic acids is 1. The van der Waals surface area contributed by atoms with E-state index in [0.717, 1.165) is 12.8 Å². The number of halogens is 2. The third-order valence-electron chi connectivity index (χ3n) is 3.62. The Morgan fingerprint density at radius 1 is 1.26 bits per heavy atom. The Labute approximate surface area is 123 Å². The van der Waals surface area contributed by atoms with Crippen LogP contribution in [0.2, 0.25) is 10.0 Å². The Bertz CT molecular complexity index is 469. The summed E-state index contributed by atoms with van der Waals surface area (Å²) < 4.78 is 0. The summed E-state index contributed by atoms with van der Waals surface area (Å²) in [7, 11) is 0. The van der Waals surface area contributed by atoms with Gasteiger partial charge in [0.25, 0.3) is 0 Å². The molecule has 0 aliphatic carbocycles. The number of rotatable bonds is 1. The zero-order chi connectivity index (χ0) is 14.0. The molecule has 0 saturated carbocycles. The molecule has 2 rings (SSSR count). The molecular formula is C14H18Cl2N2O. The van der Waals surface area contributed by atoms with Gasteiger partial charge in [-0.2, -0.15) is 0 Å². The second kappa shape index (κ2) is 6.02. The number of nitrogens with one attached hydrogen (secondary N) is 1. The predicted octanol–water partition coefficient (Wildman–Crippen LogP) is 4.79. The minimum Gasteiger partial charge on any atom is -0.319 e. The number of anilines is 1. The molecule has 1 aromatic carbocycles. The van der Waals surface area contributed by atoms with Gasteiger partial charge in [0.05, 0.1) is 15.7 Å². The van der Waals surface area contributed by atoms with Crippen molar-refractivity contribution >= 4 is 34.9 Å². The second-order valence-electron chi connectivity index (χ2n) is 5.07. The van der Waals surface area contributed by atoms with Crippen molar-refractivity contribution in [3.8, 4) is 0 Å². The molecule has 1 heterocycles. The molecule has 0 spiro atoms. The van der Waals surface area contributed by atoms with Crippen LogP contribution in [0.4, 0.5) is 10.5 Å². The van der Waals surface area contributed by atoms with Crippen LogP contribution >= 0.6 is 23.2 Å². The van der Waals surface area contributed by atoms with Gasteiger partial charge in [0.15, 0.2) is 0 Å². The molecule has 2 unspecified atom stereocenters. The van der Waals surface area contributed by atoms with E-state index in [0.29, 0.717) is 15.7 Å². The lowest BCUT2D eigenvalue weighted by atomic mass is 9.98. The SMILES string of the molecule is CC1CCCC(C)N1C(=O)Nc1cccc(Cl)c1Cl. The standard InChI is InChI=1S/C14H18Cl2N2O/c1-9-5-3-6-10(2)18(9)14(19)17-12-8-4-7-11(15)13(12)16/h4,7-10H,3,5-6H2,1-2H3,(H,17,19). The summed E-state index contributed by atoms with van der Waals surface area (Å²) in [6.07, 6.45) is 3.26. The van der Waals surface area contributed by atoms with E-state index in [2.05, 4.69) is 19.2 Å². The van der Waals surface area contributed by atoms with E-state index in [-0.39, 0.29) is 18.1 Å². The molecule has 104 valence electrons. The zero-order valence-corrected chi connectivity index (χ0v) is 12.6. The molecule has 0 bridgehead atoms. The van der Waals surface area contributed by atoms with Crippen LogP contribution in [0.3, 0.4) is 0 Å². The number of hydrogen-bond acceptors (Lipinski definition) is 1. The van der Waals surface area contributed by atoms with Crippen LogP contribution in [0.1, 0.15) is 33.1 Å². The van der Waals surface area contributed by atoms with E-state index in [1.807, 2.05) is 4.90 Å². The normalized spacial score (nSPS) is 23.3. The number of nitrogens with zero attached hydrogens (tertiary/aromatic N) is 1. The quantitative estimate of drug-likeness (QED) is 0.794. The summed E-state index contributed by atoms with van der Waals surface area (Å²) in [5, 5.41) is 3.68. The van der Waals surface area contributed by atoms with E-state index in [4.69, 9.17) is 23.2 Å². The minimum atomic E-state index is -0.108. The van der Waals surface area contributed by atoms with Gasteiger partial charge in [-0.3, -0.25) is 0 Å². The van der Waals surface area contributed by atoms with E-state index in [9.17, 15) is 4.79 Å². The van der Waals surface area contributed by atoms with E-state index < -0.39 is 0 Å². The molecule has 19 heavy (non-hydrogen) atoms. The number of amides is 2. The zero-order valence-electron chi connectivity index (χ0n) is 11.1. The second-order valence-corrected chi connectivity index (χ2v) is 5.85. The van der Waals surface area contributed by atoms with Gasteiger partial charge in [-0.25, -0.2) is 4.79 Å². The summed E-state index contributed by atoms with van der Waals surface area (Å²) in [6.45, 7) is 4.16. The van der Waals surface area contributed by atoms with Gasteiger partial charge in [0.2, 0.25) is 0 Å². The molecular weight excluding hydrogens is 283 g/mol. The number of likely N-dealkylation sites (tertiary alicyclic amines) is 1. The molecule has 1 fully saturated rings. The summed E-state index contributed by atoms with van der Waals surface area (Å²) >= 11 is 12.0. The van der Waals surface area contributed by atoms with Crippen molar-refractivity contribution in [3.05, 3.63) is 28.2 Å². The first kappa shape index (κ1) is 14.5. The molecule has 0 radical (unpaired) electrons. The van der Waals surface area contributed by atoms with Crippen LogP contribution in [-0.2, 0) is 0 Å². The predicted molar refractivity (Wildman–Crippen MR) is 80.1 cm³/mol. The summed E-state index contributed by atoms with van der Waals surface area (Å²) in [6, 6.07) is 5.62. The molecule has 5 heteroatoms. The summed E-state index contributed by atoms with van der Waals surface area (Å²) in [5.41, 5.74) is 0.559. The van der Waals surface area contributed by atoms with E-state index in [1.165, 1.54) is 6.42 Å². The smallest absolute Gasteiger partial charge is 0.319 e. The largest absolute Gasteiger partial charge is 0.322 e. The lowest BCUT2D eigenvalue weighted by Crippen LogP contribution is -2.49.